The van der Waals surface area contributed by atoms with Crippen molar-refractivity contribution in [3.05, 3.63) is 72.3 Å². The first-order valence-electron chi connectivity index (χ1n) is 10.4. The van der Waals surface area contributed by atoms with E-state index < -0.39 is 17.9 Å². The second-order valence-corrected chi connectivity index (χ2v) is 7.77. The molecular weight excluding hydrogens is 392 g/mol. The van der Waals surface area contributed by atoms with E-state index in [1.807, 2.05) is 42.5 Å². The summed E-state index contributed by atoms with van der Waals surface area (Å²) >= 11 is 0. The number of nitrogens with one attached hydrogen (secondary N) is 2. The molecule has 2 amide bonds. The quantitative estimate of drug-likeness (QED) is 0.527. The van der Waals surface area contributed by atoms with Crippen LogP contribution in [0.3, 0.4) is 0 Å². The molecule has 1 atom stereocenters. The zero-order valence-corrected chi connectivity index (χ0v) is 18.1. The average Bonchev–Trinajstić information content (AvgIpc) is 2.77. The highest BCUT2D eigenvalue weighted by molar-refractivity contribution is 5.96. The summed E-state index contributed by atoms with van der Waals surface area (Å²) in [7, 11) is 0. The molecular formula is C25H28N2O4. The zero-order valence-electron chi connectivity index (χ0n) is 18.1. The van der Waals surface area contributed by atoms with Gasteiger partial charge in [0, 0.05) is 5.56 Å². The minimum Gasteiger partial charge on any atom is -0.494 e. The largest absolute Gasteiger partial charge is 0.494 e. The van der Waals surface area contributed by atoms with Gasteiger partial charge in [0.05, 0.1) is 6.61 Å². The summed E-state index contributed by atoms with van der Waals surface area (Å²) in [5, 5.41) is 2.12. The van der Waals surface area contributed by atoms with Crippen molar-refractivity contribution >= 4 is 22.6 Å². The van der Waals surface area contributed by atoms with Crippen LogP contribution in [0.2, 0.25) is 0 Å². The molecule has 0 bridgehead atoms. The molecule has 31 heavy (non-hydrogen) atoms. The summed E-state index contributed by atoms with van der Waals surface area (Å²) in [6, 6.07) is 20.4. The highest BCUT2D eigenvalue weighted by atomic mass is 16.5. The third-order valence-corrected chi connectivity index (χ3v) is 4.76. The van der Waals surface area contributed by atoms with Crippen LogP contribution in [0.1, 0.15) is 37.6 Å². The lowest BCUT2D eigenvalue weighted by Crippen LogP contribution is -2.47. The van der Waals surface area contributed by atoms with E-state index in [2.05, 4.69) is 24.7 Å². The highest BCUT2D eigenvalue weighted by Gasteiger charge is 2.16. The van der Waals surface area contributed by atoms with Gasteiger partial charge in [0.25, 0.3) is 11.8 Å². The second kappa shape index (κ2) is 10.5. The fraction of sp³-hybridized carbons (Fsp3) is 0.280. The Labute approximate surface area is 182 Å². The second-order valence-electron chi connectivity index (χ2n) is 7.77. The molecule has 6 nitrogen and oxygen atoms in total. The number of carbonyl (C=O) groups excluding carboxylic acids is 2. The van der Waals surface area contributed by atoms with Crippen LogP contribution >= 0.6 is 0 Å². The Bertz CT molecular complexity index is 1050. The van der Waals surface area contributed by atoms with Crippen LogP contribution in [-0.4, -0.2) is 24.5 Å². The van der Waals surface area contributed by atoms with Gasteiger partial charge in [-0.1, -0.05) is 50.2 Å². The lowest BCUT2D eigenvalue weighted by Gasteiger charge is -2.16. The summed E-state index contributed by atoms with van der Waals surface area (Å²) in [5.74, 6) is 0.860. The van der Waals surface area contributed by atoms with E-state index in [1.165, 1.54) is 0 Å². The van der Waals surface area contributed by atoms with Crippen LogP contribution in [0.5, 0.6) is 11.5 Å². The third kappa shape index (κ3) is 6.47. The maximum atomic E-state index is 12.4. The van der Waals surface area contributed by atoms with Gasteiger partial charge in [-0.2, -0.15) is 0 Å². The number of hydrogen-bond donors (Lipinski definition) is 2. The van der Waals surface area contributed by atoms with Crippen molar-refractivity contribution < 1.29 is 19.1 Å². The van der Waals surface area contributed by atoms with Crippen LogP contribution in [0.4, 0.5) is 0 Å². The summed E-state index contributed by atoms with van der Waals surface area (Å²) in [5.41, 5.74) is 5.23. The molecule has 0 spiro atoms. The van der Waals surface area contributed by atoms with E-state index in [1.54, 1.807) is 31.2 Å². The Morgan fingerprint density at radius 3 is 2.39 bits per heavy atom. The molecule has 0 unspecified atom stereocenters. The molecule has 3 aromatic carbocycles. The fourth-order valence-electron chi connectivity index (χ4n) is 2.93. The number of hydrazine groups is 1. The van der Waals surface area contributed by atoms with Crippen molar-refractivity contribution in [2.75, 3.05) is 6.61 Å². The lowest BCUT2D eigenvalue weighted by molar-refractivity contribution is -0.128. The maximum absolute atomic E-state index is 12.4. The highest BCUT2D eigenvalue weighted by Crippen LogP contribution is 2.21. The number of rotatable bonds is 8. The van der Waals surface area contributed by atoms with E-state index in [4.69, 9.17) is 9.47 Å². The molecule has 0 fully saturated rings. The predicted molar refractivity (Wildman–Crippen MR) is 121 cm³/mol. The maximum Gasteiger partial charge on any atom is 0.279 e. The summed E-state index contributed by atoms with van der Waals surface area (Å²) in [6.07, 6.45) is 0.147. The molecule has 0 heterocycles. The standard InChI is InChI=1S/C25H28N2O4/c1-17(2)13-14-30-22-10-6-9-21(16-22)25(29)27-26-24(28)18(3)31-23-12-11-19-7-4-5-8-20(19)15-23/h4-12,15-18H,13-14H2,1-3H3,(H,26,28)(H,27,29)/t18-/m0/s1. The van der Waals surface area contributed by atoms with Crippen molar-refractivity contribution in [1.82, 2.24) is 10.9 Å². The Kier molecular flexibility index (Phi) is 7.49. The van der Waals surface area contributed by atoms with Crippen LogP contribution in [0.25, 0.3) is 10.8 Å². The summed E-state index contributed by atoms with van der Waals surface area (Å²) in [6.45, 7) is 6.46. The van der Waals surface area contributed by atoms with E-state index in [-0.39, 0.29) is 0 Å². The van der Waals surface area contributed by atoms with Gasteiger partial charge in [0.1, 0.15) is 11.5 Å². The van der Waals surface area contributed by atoms with E-state index in [0.717, 1.165) is 17.2 Å². The average molecular weight is 421 g/mol. The minimum atomic E-state index is -0.785. The number of ether oxygens (including phenoxy) is 2. The van der Waals surface area contributed by atoms with Gasteiger partial charge in [-0.25, -0.2) is 0 Å². The topological polar surface area (TPSA) is 76.7 Å². The molecule has 0 saturated carbocycles. The number of amides is 2. The van der Waals surface area contributed by atoms with Crippen molar-refractivity contribution in [1.29, 1.82) is 0 Å². The normalized spacial score (nSPS) is 11.7. The number of carbonyl (C=O) groups is 2. The Hall–Kier alpha value is -3.54. The third-order valence-electron chi connectivity index (χ3n) is 4.76. The molecule has 2 N–H and O–H groups in total. The first kappa shape index (κ1) is 22.2. The fourth-order valence-corrected chi connectivity index (χ4v) is 2.93. The molecule has 0 radical (unpaired) electrons. The molecule has 0 aliphatic rings. The van der Waals surface area contributed by atoms with Gasteiger partial charge in [0.2, 0.25) is 0 Å². The van der Waals surface area contributed by atoms with Gasteiger partial charge in [0.15, 0.2) is 6.10 Å². The van der Waals surface area contributed by atoms with Gasteiger partial charge in [-0.05, 0) is 60.4 Å². The van der Waals surface area contributed by atoms with Crippen LogP contribution in [-0.2, 0) is 4.79 Å². The van der Waals surface area contributed by atoms with Crippen molar-refractivity contribution in [3.63, 3.8) is 0 Å². The smallest absolute Gasteiger partial charge is 0.279 e. The van der Waals surface area contributed by atoms with Gasteiger partial charge in [-0.15, -0.1) is 0 Å². The van der Waals surface area contributed by atoms with Gasteiger partial charge in [-0.3, -0.25) is 20.4 Å². The van der Waals surface area contributed by atoms with Crippen molar-refractivity contribution in [2.45, 2.75) is 33.3 Å². The molecule has 0 aromatic heterocycles. The van der Waals surface area contributed by atoms with E-state index in [9.17, 15) is 9.59 Å². The van der Waals surface area contributed by atoms with E-state index >= 15 is 0 Å². The Balaban J connectivity index is 1.51. The van der Waals surface area contributed by atoms with Gasteiger partial charge < -0.3 is 9.47 Å². The molecule has 3 aromatic rings. The number of hydrogen-bond acceptors (Lipinski definition) is 4. The Morgan fingerprint density at radius 2 is 1.61 bits per heavy atom. The molecule has 0 aliphatic heterocycles. The monoisotopic (exact) mass is 420 g/mol. The molecule has 162 valence electrons. The van der Waals surface area contributed by atoms with Crippen LogP contribution in [0.15, 0.2) is 66.7 Å². The SMILES string of the molecule is CC(C)CCOc1cccc(C(=O)NNC(=O)[C@H](C)Oc2ccc3ccccc3c2)c1. The van der Waals surface area contributed by atoms with Crippen LogP contribution < -0.4 is 20.3 Å². The number of fused-ring (bicyclic) bond motifs is 1. The zero-order chi connectivity index (χ0) is 22.2. The van der Waals surface area contributed by atoms with E-state index in [0.29, 0.717) is 29.6 Å². The first-order valence-corrected chi connectivity index (χ1v) is 10.4. The molecule has 6 heteroatoms. The molecule has 0 aliphatic carbocycles. The van der Waals surface area contributed by atoms with Crippen molar-refractivity contribution in [3.8, 4) is 11.5 Å². The van der Waals surface area contributed by atoms with Gasteiger partial charge >= 0.3 is 0 Å². The number of benzene rings is 3. The summed E-state index contributed by atoms with van der Waals surface area (Å²) in [4.78, 5) is 24.7. The Morgan fingerprint density at radius 1 is 0.839 bits per heavy atom. The lowest BCUT2D eigenvalue weighted by atomic mass is 10.1. The van der Waals surface area contributed by atoms with Crippen molar-refractivity contribution in [2.24, 2.45) is 5.92 Å². The molecule has 0 saturated heterocycles. The summed E-state index contributed by atoms with van der Waals surface area (Å²) < 4.78 is 11.4. The predicted octanol–water partition coefficient (Wildman–Crippen LogP) is 4.49. The first-order chi connectivity index (χ1) is 14.9. The van der Waals surface area contributed by atoms with Crippen LogP contribution in [0, 0.1) is 5.92 Å². The minimum absolute atomic E-state index is 0.394. The molecule has 3 rings (SSSR count).